The zero-order chi connectivity index (χ0) is 19.2. The van der Waals surface area contributed by atoms with Gasteiger partial charge < -0.3 is 10.1 Å². The second-order valence-electron chi connectivity index (χ2n) is 6.04. The smallest absolute Gasteiger partial charge is 0.261 e. The van der Waals surface area contributed by atoms with E-state index in [1.807, 2.05) is 26.0 Å². The van der Waals surface area contributed by atoms with E-state index in [1.165, 1.54) is 12.1 Å². The van der Waals surface area contributed by atoms with Crippen molar-refractivity contribution < 1.29 is 17.9 Å². The van der Waals surface area contributed by atoms with E-state index < -0.39 is 10.0 Å². The molecule has 6 nitrogen and oxygen atoms in total. The standard InChI is InChI=1S/C19H24N2O4S/c1-4-11-20-19(22)13-25-18-10-9-17(12-15(18)3)26(23,24)21-16-7-5-14(2)6-8-16/h5-10,12,21H,4,11,13H2,1-3H3,(H,20,22). The van der Waals surface area contributed by atoms with E-state index >= 15 is 0 Å². The monoisotopic (exact) mass is 376 g/mol. The molecule has 0 unspecified atom stereocenters. The van der Waals surface area contributed by atoms with Gasteiger partial charge in [0.2, 0.25) is 0 Å². The second kappa shape index (κ2) is 8.71. The van der Waals surface area contributed by atoms with E-state index in [4.69, 9.17) is 4.74 Å². The minimum atomic E-state index is -3.69. The highest BCUT2D eigenvalue weighted by molar-refractivity contribution is 7.92. The fraction of sp³-hybridized carbons (Fsp3) is 0.316. The molecule has 0 heterocycles. The maximum atomic E-state index is 12.5. The van der Waals surface area contributed by atoms with Gasteiger partial charge in [-0.1, -0.05) is 24.6 Å². The summed E-state index contributed by atoms with van der Waals surface area (Å²) in [6.45, 7) is 6.14. The maximum Gasteiger partial charge on any atom is 0.261 e. The normalized spacial score (nSPS) is 11.0. The zero-order valence-electron chi connectivity index (χ0n) is 15.2. The van der Waals surface area contributed by atoms with Gasteiger partial charge in [0, 0.05) is 12.2 Å². The summed E-state index contributed by atoms with van der Waals surface area (Å²) in [4.78, 5) is 11.7. The predicted molar refractivity (Wildman–Crippen MR) is 102 cm³/mol. The zero-order valence-corrected chi connectivity index (χ0v) is 16.0. The van der Waals surface area contributed by atoms with Crippen molar-refractivity contribution in [2.75, 3.05) is 17.9 Å². The Labute approximate surface area is 154 Å². The van der Waals surface area contributed by atoms with E-state index in [-0.39, 0.29) is 17.4 Å². The van der Waals surface area contributed by atoms with Crippen molar-refractivity contribution in [2.24, 2.45) is 0 Å². The fourth-order valence-electron chi connectivity index (χ4n) is 2.25. The van der Waals surface area contributed by atoms with Crippen LogP contribution in [-0.2, 0) is 14.8 Å². The SMILES string of the molecule is CCCNC(=O)COc1ccc(S(=O)(=O)Nc2ccc(C)cc2)cc1C. The average molecular weight is 376 g/mol. The van der Waals surface area contributed by atoms with Crippen LogP contribution in [0.4, 0.5) is 5.69 Å². The Morgan fingerprint density at radius 3 is 2.38 bits per heavy atom. The van der Waals surface area contributed by atoms with Gasteiger partial charge in [-0.15, -0.1) is 0 Å². The number of aryl methyl sites for hydroxylation is 2. The molecule has 0 spiro atoms. The van der Waals surface area contributed by atoms with Crippen LogP contribution in [0.15, 0.2) is 47.4 Å². The number of carbonyl (C=O) groups excluding carboxylic acids is 1. The van der Waals surface area contributed by atoms with Crippen LogP contribution in [0.25, 0.3) is 0 Å². The third-order valence-corrected chi connectivity index (χ3v) is 5.07. The summed E-state index contributed by atoms with van der Waals surface area (Å²) in [6.07, 6.45) is 0.852. The molecule has 0 aliphatic heterocycles. The van der Waals surface area contributed by atoms with Gasteiger partial charge in [-0.25, -0.2) is 8.42 Å². The van der Waals surface area contributed by atoms with Gasteiger partial charge in [0.25, 0.3) is 15.9 Å². The number of nitrogens with one attached hydrogen (secondary N) is 2. The molecule has 1 amide bonds. The summed E-state index contributed by atoms with van der Waals surface area (Å²) in [5, 5.41) is 2.72. The van der Waals surface area contributed by atoms with Gasteiger partial charge in [-0.05, 0) is 56.2 Å². The van der Waals surface area contributed by atoms with Crippen molar-refractivity contribution >= 4 is 21.6 Å². The summed E-state index contributed by atoms with van der Waals surface area (Å²) in [5.41, 5.74) is 2.19. The lowest BCUT2D eigenvalue weighted by Gasteiger charge is -2.12. The van der Waals surface area contributed by atoms with Crippen LogP contribution in [0.5, 0.6) is 5.75 Å². The molecule has 2 rings (SSSR count). The molecule has 0 radical (unpaired) electrons. The molecule has 0 aromatic heterocycles. The molecule has 0 bridgehead atoms. The molecule has 140 valence electrons. The Morgan fingerprint density at radius 2 is 1.77 bits per heavy atom. The molecule has 26 heavy (non-hydrogen) atoms. The highest BCUT2D eigenvalue weighted by Gasteiger charge is 2.16. The number of anilines is 1. The van der Waals surface area contributed by atoms with Crippen LogP contribution in [0.1, 0.15) is 24.5 Å². The lowest BCUT2D eigenvalue weighted by molar-refractivity contribution is -0.123. The summed E-state index contributed by atoms with van der Waals surface area (Å²) in [6, 6.07) is 11.6. The van der Waals surface area contributed by atoms with Crippen molar-refractivity contribution in [1.82, 2.24) is 5.32 Å². The lowest BCUT2D eigenvalue weighted by Crippen LogP contribution is -2.29. The van der Waals surface area contributed by atoms with E-state index in [1.54, 1.807) is 25.1 Å². The van der Waals surface area contributed by atoms with Crippen molar-refractivity contribution in [3.63, 3.8) is 0 Å². The number of benzene rings is 2. The number of hydrogen-bond acceptors (Lipinski definition) is 4. The van der Waals surface area contributed by atoms with E-state index in [0.717, 1.165) is 12.0 Å². The molecule has 0 saturated carbocycles. The van der Waals surface area contributed by atoms with Gasteiger partial charge in [-0.3, -0.25) is 9.52 Å². The van der Waals surface area contributed by atoms with E-state index in [2.05, 4.69) is 10.0 Å². The number of ether oxygens (including phenoxy) is 1. The number of hydrogen-bond donors (Lipinski definition) is 2. The predicted octanol–water partition coefficient (Wildman–Crippen LogP) is 3.01. The minimum absolute atomic E-state index is 0.103. The van der Waals surface area contributed by atoms with Crippen molar-refractivity contribution in [1.29, 1.82) is 0 Å². The minimum Gasteiger partial charge on any atom is -0.484 e. The topological polar surface area (TPSA) is 84.5 Å². The first-order chi connectivity index (χ1) is 12.3. The van der Waals surface area contributed by atoms with Crippen LogP contribution in [0.3, 0.4) is 0 Å². The molecular weight excluding hydrogens is 352 g/mol. The summed E-state index contributed by atoms with van der Waals surface area (Å²) in [7, 11) is -3.69. The Kier molecular flexibility index (Phi) is 6.63. The van der Waals surface area contributed by atoms with Crippen LogP contribution >= 0.6 is 0 Å². The molecule has 0 atom stereocenters. The Hall–Kier alpha value is -2.54. The number of amides is 1. The second-order valence-corrected chi connectivity index (χ2v) is 7.72. The number of carbonyl (C=O) groups is 1. The van der Waals surface area contributed by atoms with Crippen LogP contribution in [-0.4, -0.2) is 27.5 Å². The van der Waals surface area contributed by atoms with Gasteiger partial charge >= 0.3 is 0 Å². The Morgan fingerprint density at radius 1 is 1.08 bits per heavy atom. The Bertz CT molecular complexity index is 862. The van der Waals surface area contributed by atoms with Crippen LogP contribution < -0.4 is 14.8 Å². The molecule has 7 heteroatoms. The van der Waals surface area contributed by atoms with Crippen molar-refractivity contribution in [2.45, 2.75) is 32.1 Å². The summed E-state index contributed by atoms with van der Waals surface area (Å²) < 4.78 is 33.1. The number of rotatable bonds is 8. The van der Waals surface area contributed by atoms with Gasteiger partial charge in [0.05, 0.1) is 4.90 Å². The fourth-order valence-corrected chi connectivity index (χ4v) is 3.39. The van der Waals surface area contributed by atoms with Crippen LogP contribution in [0.2, 0.25) is 0 Å². The highest BCUT2D eigenvalue weighted by Crippen LogP contribution is 2.23. The van der Waals surface area contributed by atoms with Crippen molar-refractivity contribution in [3.8, 4) is 5.75 Å². The summed E-state index contributed by atoms with van der Waals surface area (Å²) >= 11 is 0. The molecule has 2 N–H and O–H groups in total. The molecule has 0 aliphatic carbocycles. The van der Waals surface area contributed by atoms with Gasteiger partial charge in [-0.2, -0.15) is 0 Å². The Balaban J connectivity index is 2.07. The lowest BCUT2D eigenvalue weighted by atomic mass is 10.2. The van der Waals surface area contributed by atoms with Gasteiger partial charge in [0.15, 0.2) is 6.61 Å². The molecule has 0 fully saturated rings. The van der Waals surface area contributed by atoms with Crippen LogP contribution in [0, 0.1) is 13.8 Å². The summed E-state index contributed by atoms with van der Waals surface area (Å²) in [5.74, 6) is 0.273. The largest absolute Gasteiger partial charge is 0.484 e. The van der Waals surface area contributed by atoms with E-state index in [9.17, 15) is 13.2 Å². The average Bonchev–Trinajstić information content (AvgIpc) is 2.60. The third kappa shape index (κ3) is 5.49. The molecule has 2 aromatic carbocycles. The maximum absolute atomic E-state index is 12.5. The third-order valence-electron chi connectivity index (χ3n) is 3.69. The number of sulfonamides is 1. The first-order valence-corrected chi connectivity index (χ1v) is 9.90. The first kappa shape index (κ1) is 19.8. The quantitative estimate of drug-likeness (QED) is 0.742. The van der Waals surface area contributed by atoms with Crippen molar-refractivity contribution in [3.05, 3.63) is 53.6 Å². The molecular formula is C19H24N2O4S. The molecule has 0 saturated heterocycles. The molecule has 0 aliphatic rings. The first-order valence-electron chi connectivity index (χ1n) is 8.41. The van der Waals surface area contributed by atoms with Gasteiger partial charge in [0.1, 0.15) is 5.75 Å². The van der Waals surface area contributed by atoms with E-state index in [0.29, 0.717) is 23.5 Å². The highest BCUT2D eigenvalue weighted by atomic mass is 32.2. The molecule has 2 aromatic rings.